The summed E-state index contributed by atoms with van der Waals surface area (Å²) >= 11 is 3.29. The Labute approximate surface area is 125 Å². The van der Waals surface area contributed by atoms with Crippen LogP contribution in [0, 0.1) is 5.41 Å². The van der Waals surface area contributed by atoms with Crippen molar-refractivity contribution in [3.8, 4) is 0 Å². The van der Waals surface area contributed by atoms with Crippen molar-refractivity contribution in [2.75, 3.05) is 19.7 Å². The highest BCUT2D eigenvalue weighted by molar-refractivity contribution is 9.10. The van der Waals surface area contributed by atoms with Crippen LogP contribution in [-0.4, -0.2) is 36.6 Å². The van der Waals surface area contributed by atoms with Gasteiger partial charge in [-0.1, -0.05) is 22.0 Å². The van der Waals surface area contributed by atoms with Gasteiger partial charge in [0.15, 0.2) is 0 Å². The highest BCUT2D eigenvalue weighted by Crippen LogP contribution is 2.44. The number of aliphatic hydroxyl groups is 1. The van der Waals surface area contributed by atoms with Gasteiger partial charge in [-0.05, 0) is 31.0 Å². The fourth-order valence-corrected chi connectivity index (χ4v) is 2.21. The average Bonchev–Trinajstić information content (AvgIpc) is 3.23. The van der Waals surface area contributed by atoms with E-state index in [0.717, 1.165) is 17.3 Å². The molecule has 6 heteroatoms. The zero-order chi connectivity index (χ0) is 14.6. The number of hydrogen-bond donors (Lipinski definition) is 3. The third-order valence-corrected chi connectivity index (χ3v) is 3.94. The molecule has 2 rings (SSSR count). The summed E-state index contributed by atoms with van der Waals surface area (Å²) < 4.78 is 0.813. The van der Waals surface area contributed by atoms with Crippen LogP contribution in [0.5, 0.6) is 0 Å². The number of nitrogens with one attached hydrogen (secondary N) is 2. The van der Waals surface area contributed by atoms with Gasteiger partial charge in [-0.15, -0.1) is 0 Å². The molecule has 0 aromatic heterocycles. The first-order valence-corrected chi connectivity index (χ1v) is 7.25. The van der Waals surface area contributed by atoms with E-state index in [-0.39, 0.29) is 30.4 Å². The number of benzene rings is 1. The summed E-state index contributed by atoms with van der Waals surface area (Å²) in [5.74, 6) is -0.530. The Hall–Kier alpha value is -1.40. The van der Waals surface area contributed by atoms with Gasteiger partial charge in [0.25, 0.3) is 5.91 Å². The van der Waals surface area contributed by atoms with Crippen molar-refractivity contribution in [2.24, 2.45) is 5.41 Å². The number of hydrogen-bond acceptors (Lipinski definition) is 3. The van der Waals surface area contributed by atoms with Gasteiger partial charge in [-0.2, -0.15) is 0 Å². The third-order valence-electron chi connectivity index (χ3n) is 3.45. The molecule has 0 unspecified atom stereocenters. The second-order valence-electron chi connectivity index (χ2n) is 5.13. The number of carbonyl (C=O) groups excluding carboxylic acids is 2. The summed E-state index contributed by atoms with van der Waals surface area (Å²) in [5, 5.41) is 14.4. The molecule has 3 N–H and O–H groups in total. The molecule has 0 aliphatic heterocycles. The Morgan fingerprint density at radius 3 is 2.65 bits per heavy atom. The number of aliphatic hydroxyl groups excluding tert-OH is 1. The molecule has 5 nitrogen and oxygen atoms in total. The summed E-state index contributed by atoms with van der Waals surface area (Å²) in [6.07, 6.45) is 1.88. The smallest absolute Gasteiger partial charge is 0.251 e. The van der Waals surface area contributed by atoms with Crippen LogP contribution in [0.4, 0.5) is 0 Å². The van der Waals surface area contributed by atoms with Crippen molar-refractivity contribution in [3.05, 3.63) is 34.3 Å². The van der Waals surface area contributed by atoms with Gasteiger partial charge in [0.1, 0.15) is 0 Å². The van der Waals surface area contributed by atoms with Crippen LogP contribution >= 0.6 is 15.9 Å². The molecule has 20 heavy (non-hydrogen) atoms. The molecule has 1 fully saturated rings. The van der Waals surface area contributed by atoms with Crippen LogP contribution in [0.2, 0.25) is 0 Å². The topological polar surface area (TPSA) is 78.4 Å². The van der Waals surface area contributed by atoms with Crippen molar-refractivity contribution in [2.45, 2.75) is 12.8 Å². The minimum atomic E-state index is -0.287. The molecule has 1 aromatic rings. The molecule has 0 spiro atoms. The van der Waals surface area contributed by atoms with Crippen LogP contribution in [0.15, 0.2) is 28.7 Å². The van der Waals surface area contributed by atoms with Gasteiger partial charge in [-0.25, -0.2) is 0 Å². The molecular weight excluding hydrogens is 324 g/mol. The minimum Gasteiger partial charge on any atom is -0.396 e. The third kappa shape index (κ3) is 4.05. The zero-order valence-electron chi connectivity index (χ0n) is 11.0. The molecule has 0 heterocycles. The molecule has 1 aromatic carbocycles. The lowest BCUT2D eigenvalue weighted by molar-refractivity contribution is -0.120. The van der Waals surface area contributed by atoms with E-state index >= 15 is 0 Å². The van der Waals surface area contributed by atoms with Crippen LogP contribution < -0.4 is 10.6 Å². The lowest BCUT2D eigenvalue weighted by Crippen LogP contribution is -2.39. The van der Waals surface area contributed by atoms with Crippen molar-refractivity contribution in [3.63, 3.8) is 0 Å². The number of halogens is 1. The number of rotatable bonds is 6. The Morgan fingerprint density at radius 1 is 1.30 bits per heavy atom. The van der Waals surface area contributed by atoms with Gasteiger partial charge in [0, 0.05) is 22.0 Å². The van der Waals surface area contributed by atoms with Gasteiger partial charge in [-0.3, -0.25) is 9.59 Å². The molecule has 1 aliphatic rings. The van der Waals surface area contributed by atoms with Crippen molar-refractivity contribution >= 4 is 27.7 Å². The van der Waals surface area contributed by atoms with E-state index in [2.05, 4.69) is 26.6 Å². The van der Waals surface area contributed by atoms with Crippen LogP contribution in [0.3, 0.4) is 0 Å². The second-order valence-corrected chi connectivity index (χ2v) is 6.04. The van der Waals surface area contributed by atoms with Gasteiger partial charge in [0.05, 0.1) is 13.2 Å². The summed E-state index contributed by atoms with van der Waals surface area (Å²) in [6, 6.07) is 6.96. The highest BCUT2D eigenvalue weighted by atomic mass is 79.9. The van der Waals surface area contributed by atoms with E-state index in [1.54, 1.807) is 18.2 Å². The maximum absolute atomic E-state index is 11.8. The van der Waals surface area contributed by atoms with Crippen LogP contribution in [-0.2, 0) is 4.79 Å². The molecule has 2 amide bonds. The maximum Gasteiger partial charge on any atom is 0.251 e. The number of amides is 2. The quantitative estimate of drug-likeness (QED) is 0.724. The Balaban J connectivity index is 1.74. The molecule has 0 atom stereocenters. The minimum absolute atomic E-state index is 0.0626. The molecule has 0 radical (unpaired) electrons. The van der Waals surface area contributed by atoms with Gasteiger partial charge in [0.2, 0.25) is 5.91 Å². The summed E-state index contributed by atoms with van der Waals surface area (Å²) in [5.41, 5.74) is 0.380. The molecule has 0 saturated heterocycles. The van der Waals surface area contributed by atoms with E-state index < -0.39 is 0 Å². The molecule has 0 bridgehead atoms. The van der Waals surface area contributed by atoms with Gasteiger partial charge >= 0.3 is 0 Å². The summed E-state index contributed by atoms with van der Waals surface area (Å²) in [7, 11) is 0. The monoisotopic (exact) mass is 340 g/mol. The van der Waals surface area contributed by atoms with Gasteiger partial charge < -0.3 is 15.7 Å². The van der Waals surface area contributed by atoms with Crippen molar-refractivity contribution < 1.29 is 14.7 Å². The van der Waals surface area contributed by atoms with E-state index in [0.29, 0.717) is 12.1 Å². The Kier molecular flexibility index (Phi) is 4.77. The second kappa shape index (κ2) is 6.37. The predicted octanol–water partition coefficient (Wildman–Crippen LogP) is 1.07. The van der Waals surface area contributed by atoms with Crippen LogP contribution in [0.25, 0.3) is 0 Å². The largest absolute Gasteiger partial charge is 0.396 e. The summed E-state index contributed by atoms with van der Waals surface area (Å²) in [6.45, 7) is 0.500. The zero-order valence-corrected chi connectivity index (χ0v) is 12.6. The lowest BCUT2D eigenvalue weighted by Gasteiger charge is -2.13. The molecule has 1 aliphatic carbocycles. The molecule has 1 saturated carbocycles. The highest BCUT2D eigenvalue weighted by Gasteiger charge is 2.41. The standard InChI is InChI=1S/C14H17BrN2O3/c15-11-3-1-2-10(6-11)13(20)16-7-12(19)17-8-14(9-18)4-5-14/h1-3,6,18H,4-5,7-9H2,(H,16,20)(H,17,19). The van der Waals surface area contributed by atoms with E-state index in [4.69, 9.17) is 5.11 Å². The first kappa shape index (κ1) is 15.0. The Bertz CT molecular complexity index is 515. The number of carbonyl (C=O) groups is 2. The van der Waals surface area contributed by atoms with E-state index in [9.17, 15) is 9.59 Å². The van der Waals surface area contributed by atoms with E-state index in [1.807, 2.05) is 6.07 Å². The average molecular weight is 341 g/mol. The first-order valence-electron chi connectivity index (χ1n) is 6.46. The normalized spacial score (nSPS) is 15.5. The fraction of sp³-hybridized carbons (Fsp3) is 0.429. The van der Waals surface area contributed by atoms with Crippen LogP contribution in [0.1, 0.15) is 23.2 Å². The molecule has 108 valence electrons. The fourth-order valence-electron chi connectivity index (χ4n) is 1.81. The SMILES string of the molecule is O=C(CNC(=O)c1cccc(Br)c1)NCC1(CO)CC1. The predicted molar refractivity (Wildman–Crippen MR) is 78.2 cm³/mol. The van der Waals surface area contributed by atoms with Crippen molar-refractivity contribution in [1.82, 2.24) is 10.6 Å². The lowest BCUT2D eigenvalue weighted by atomic mass is 10.1. The van der Waals surface area contributed by atoms with Crippen molar-refractivity contribution in [1.29, 1.82) is 0 Å². The Morgan fingerprint density at radius 2 is 2.05 bits per heavy atom. The maximum atomic E-state index is 11.8. The van der Waals surface area contributed by atoms with E-state index in [1.165, 1.54) is 0 Å². The molecular formula is C14H17BrN2O3. The summed E-state index contributed by atoms with van der Waals surface area (Å²) in [4.78, 5) is 23.4. The first-order chi connectivity index (χ1) is 9.54.